The van der Waals surface area contributed by atoms with Gasteiger partial charge in [0.25, 0.3) is 11.6 Å². The molecule has 1 aromatic carbocycles. The van der Waals surface area contributed by atoms with Crippen molar-refractivity contribution in [1.29, 1.82) is 0 Å². The van der Waals surface area contributed by atoms with E-state index in [9.17, 15) is 19.7 Å². The molecule has 0 saturated carbocycles. The number of carbonyl (C=O) groups excluding carboxylic acids is 1. The number of carboxylic acids is 1. The van der Waals surface area contributed by atoms with Crippen molar-refractivity contribution in [3.05, 3.63) is 38.3 Å². The number of rotatable bonds is 5. The van der Waals surface area contributed by atoms with Gasteiger partial charge in [-0.25, -0.2) is 0 Å². The Morgan fingerprint density at radius 2 is 2.10 bits per heavy atom. The first kappa shape index (κ1) is 16.1. The van der Waals surface area contributed by atoms with Crippen LogP contribution in [0.5, 0.6) is 0 Å². The Bertz CT molecular complexity index is 561. The summed E-state index contributed by atoms with van der Waals surface area (Å²) >= 11 is 3.11. The van der Waals surface area contributed by atoms with E-state index < -0.39 is 22.7 Å². The van der Waals surface area contributed by atoms with E-state index in [1.54, 1.807) is 0 Å². The number of halogens is 1. The Kier molecular flexibility index (Phi) is 5.20. The highest BCUT2D eigenvalue weighted by Gasteiger charge is 2.21. The number of hydrogen-bond acceptors (Lipinski definition) is 4. The topological polar surface area (TPSA) is 101 Å². The lowest BCUT2D eigenvalue weighted by Gasteiger charge is -2.20. The summed E-state index contributed by atoms with van der Waals surface area (Å²) < 4.78 is 0.298. The second kappa shape index (κ2) is 6.47. The number of nitro groups is 1. The van der Waals surface area contributed by atoms with Gasteiger partial charge in [-0.15, -0.1) is 0 Å². The van der Waals surface area contributed by atoms with Gasteiger partial charge in [0.15, 0.2) is 0 Å². The number of benzene rings is 1. The summed E-state index contributed by atoms with van der Waals surface area (Å²) in [6.45, 7) is 1.55. The van der Waals surface area contributed by atoms with Gasteiger partial charge >= 0.3 is 5.97 Å². The second-order valence-electron chi connectivity index (χ2n) is 4.35. The van der Waals surface area contributed by atoms with Gasteiger partial charge in [-0.2, -0.15) is 0 Å². The average Bonchev–Trinajstić information content (AvgIpc) is 2.37. The first-order valence-electron chi connectivity index (χ1n) is 5.66. The van der Waals surface area contributed by atoms with Crippen molar-refractivity contribution in [2.75, 3.05) is 13.6 Å². The third-order valence-electron chi connectivity index (χ3n) is 2.71. The van der Waals surface area contributed by atoms with Crippen molar-refractivity contribution in [1.82, 2.24) is 4.90 Å². The van der Waals surface area contributed by atoms with Gasteiger partial charge in [0.05, 0.1) is 16.4 Å². The molecule has 108 valence electrons. The fourth-order valence-electron chi connectivity index (χ4n) is 1.57. The van der Waals surface area contributed by atoms with E-state index in [0.29, 0.717) is 4.47 Å². The van der Waals surface area contributed by atoms with Crippen molar-refractivity contribution in [3.63, 3.8) is 0 Å². The molecule has 8 heteroatoms. The van der Waals surface area contributed by atoms with E-state index in [0.717, 1.165) is 0 Å². The maximum Gasteiger partial charge on any atom is 0.308 e. The van der Waals surface area contributed by atoms with Crippen LogP contribution in [0.25, 0.3) is 0 Å². The summed E-state index contributed by atoms with van der Waals surface area (Å²) in [5, 5.41) is 19.4. The van der Waals surface area contributed by atoms with Gasteiger partial charge in [0.1, 0.15) is 0 Å². The zero-order valence-corrected chi connectivity index (χ0v) is 12.5. The first-order chi connectivity index (χ1) is 9.23. The fraction of sp³-hybridized carbons (Fsp3) is 0.333. The normalized spacial score (nSPS) is 11.8. The van der Waals surface area contributed by atoms with E-state index in [2.05, 4.69) is 15.9 Å². The zero-order chi connectivity index (χ0) is 15.4. The minimum Gasteiger partial charge on any atom is -0.481 e. The average molecular weight is 345 g/mol. The van der Waals surface area contributed by atoms with E-state index in [1.807, 2.05) is 0 Å². The van der Waals surface area contributed by atoms with Crippen LogP contribution in [0.2, 0.25) is 0 Å². The third kappa shape index (κ3) is 3.77. The summed E-state index contributed by atoms with van der Waals surface area (Å²) in [4.78, 5) is 34.2. The maximum absolute atomic E-state index is 12.1. The Labute approximate surface area is 123 Å². The van der Waals surface area contributed by atoms with E-state index in [1.165, 1.54) is 37.1 Å². The highest BCUT2D eigenvalue weighted by Crippen LogP contribution is 2.24. The predicted molar refractivity (Wildman–Crippen MR) is 74.6 cm³/mol. The molecule has 1 unspecified atom stereocenters. The Hall–Kier alpha value is -1.96. The van der Waals surface area contributed by atoms with Crippen LogP contribution in [0, 0.1) is 16.0 Å². The van der Waals surface area contributed by atoms with Gasteiger partial charge < -0.3 is 10.0 Å². The summed E-state index contributed by atoms with van der Waals surface area (Å²) in [5.74, 6) is -2.09. The minimum atomic E-state index is -0.993. The van der Waals surface area contributed by atoms with Crippen molar-refractivity contribution >= 4 is 33.5 Å². The highest BCUT2D eigenvalue weighted by molar-refractivity contribution is 9.10. The predicted octanol–water partition coefficient (Wildman–Crippen LogP) is 2.15. The molecule has 0 aliphatic carbocycles. The Morgan fingerprint density at radius 1 is 1.50 bits per heavy atom. The largest absolute Gasteiger partial charge is 0.481 e. The molecule has 1 aromatic rings. The van der Waals surface area contributed by atoms with Crippen LogP contribution >= 0.6 is 15.9 Å². The molecular weight excluding hydrogens is 332 g/mol. The third-order valence-corrected chi connectivity index (χ3v) is 3.37. The standard InChI is InChI=1S/C12H13BrN2O5/c1-7(12(17)18)6-14(2)11(16)9-4-3-8(15(19)20)5-10(9)13/h3-5,7H,6H2,1-2H3,(H,17,18). The number of non-ortho nitro benzene ring substituents is 1. The molecule has 1 amide bonds. The molecule has 20 heavy (non-hydrogen) atoms. The van der Waals surface area contributed by atoms with E-state index >= 15 is 0 Å². The summed E-state index contributed by atoms with van der Waals surface area (Å²) in [5.41, 5.74) is 0.116. The number of carboxylic acid groups (broad SMARTS) is 1. The van der Waals surface area contributed by atoms with Crippen LogP contribution in [-0.2, 0) is 4.79 Å². The Balaban J connectivity index is 2.92. The van der Waals surface area contributed by atoms with E-state index in [-0.39, 0.29) is 17.8 Å². The van der Waals surface area contributed by atoms with E-state index in [4.69, 9.17) is 5.11 Å². The SMILES string of the molecule is CC(CN(C)C(=O)c1ccc([N+](=O)[O-])cc1Br)C(=O)O. The maximum atomic E-state index is 12.1. The van der Waals surface area contributed by atoms with Crippen LogP contribution in [0.4, 0.5) is 5.69 Å². The Morgan fingerprint density at radius 3 is 2.55 bits per heavy atom. The molecular formula is C12H13BrN2O5. The molecule has 0 spiro atoms. The van der Waals surface area contributed by atoms with Crippen molar-refractivity contribution < 1.29 is 19.6 Å². The summed E-state index contributed by atoms with van der Waals surface area (Å²) in [7, 11) is 1.48. The van der Waals surface area contributed by atoms with Gasteiger partial charge in [-0.3, -0.25) is 19.7 Å². The molecule has 0 heterocycles. The lowest BCUT2D eigenvalue weighted by molar-refractivity contribution is -0.384. The van der Waals surface area contributed by atoms with Crippen LogP contribution in [0.1, 0.15) is 17.3 Å². The highest BCUT2D eigenvalue weighted by atomic mass is 79.9. The number of nitrogens with zero attached hydrogens (tertiary/aromatic N) is 2. The van der Waals surface area contributed by atoms with Gasteiger partial charge in [-0.05, 0) is 22.0 Å². The smallest absolute Gasteiger partial charge is 0.308 e. The summed E-state index contributed by atoms with van der Waals surface area (Å²) in [6, 6.07) is 3.81. The van der Waals surface area contributed by atoms with Crippen LogP contribution in [-0.4, -0.2) is 40.4 Å². The van der Waals surface area contributed by atoms with Crippen molar-refractivity contribution in [2.45, 2.75) is 6.92 Å². The monoisotopic (exact) mass is 344 g/mol. The van der Waals surface area contributed by atoms with Gasteiger partial charge in [-0.1, -0.05) is 6.92 Å². The first-order valence-corrected chi connectivity index (χ1v) is 6.45. The zero-order valence-electron chi connectivity index (χ0n) is 10.9. The number of nitro benzene ring substituents is 1. The molecule has 0 saturated heterocycles. The van der Waals surface area contributed by atoms with Gasteiger partial charge in [0.2, 0.25) is 0 Å². The summed E-state index contributed by atoms with van der Waals surface area (Å²) in [6.07, 6.45) is 0. The fourth-order valence-corrected chi connectivity index (χ4v) is 2.10. The van der Waals surface area contributed by atoms with Gasteiger partial charge in [0, 0.05) is 30.2 Å². The number of hydrogen-bond donors (Lipinski definition) is 1. The number of amides is 1. The van der Waals surface area contributed by atoms with Crippen LogP contribution < -0.4 is 0 Å². The number of carbonyl (C=O) groups is 2. The van der Waals surface area contributed by atoms with Crippen LogP contribution in [0.3, 0.4) is 0 Å². The second-order valence-corrected chi connectivity index (χ2v) is 5.20. The molecule has 1 rings (SSSR count). The molecule has 0 aromatic heterocycles. The molecule has 0 radical (unpaired) electrons. The molecule has 0 aliphatic heterocycles. The lowest BCUT2D eigenvalue weighted by Crippen LogP contribution is -2.33. The molecule has 0 bridgehead atoms. The number of aliphatic carboxylic acids is 1. The molecule has 1 N–H and O–H groups in total. The van der Waals surface area contributed by atoms with Crippen LogP contribution in [0.15, 0.2) is 22.7 Å². The molecule has 1 atom stereocenters. The quantitative estimate of drug-likeness (QED) is 0.651. The minimum absolute atomic E-state index is 0.0532. The molecule has 0 fully saturated rings. The van der Waals surface area contributed by atoms with Crippen molar-refractivity contribution in [2.24, 2.45) is 5.92 Å². The van der Waals surface area contributed by atoms with Crippen molar-refractivity contribution in [3.8, 4) is 0 Å². The molecule has 0 aliphatic rings. The molecule has 7 nitrogen and oxygen atoms in total. The lowest BCUT2D eigenvalue weighted by atomic mass is 10.1.